The number of benzene rings is 1. The summed E-state index contributed by atoms with van der Waals surface area (Å²) in [5.41, 5.74) is 2.98. The molecule has 0 aromatic heterocycles. The molecule has 0 saturated carbocycles. The molecule has 4 nitrogen and oxygen atoms in total. The van der Waals surface area contributed by atoms with Crippen LogP contribution in [0, 0.1) is 0 Å². The summed E-state index contributed by atoms with van der Waals surface area (Å²) >= 11 is 0. The zero-order valence-electron chi connectivity index (χ0n) is 14.1. The Morgan fingerprint density at radius 2 is 2.00 bits per heavy atom. The van der Waals surface area contributed by atoms with Gasteiger partial charge < -0.3 is 9.84 Å². The van der Waals surface area contributed by atoms with Gasteiger partial charge in [-0.15, -0.1) is 0 Å². The molecule has 1 aromatic rings. The molecule has 128 valence electrons. The lowest BCUT2D eigenvalue weighted by Crippen LogP contribution is -2.39. The summed E-state index contributed by atoms with van der Waals surface area (Å²) in [4.78, 5) is 4.99. The van der Waals surface area contributed by atoms with Crippen LogP contribution in [0.15, 0.2) is 24.3 Å². The van der Waals surface area contributed by atoms with Gasteiger partial charge in [0.2, 0.25) is 0 Å². The van der Waals surface area contributed by atoms with E-state index in [-0.39, 0.29) is 6.61 Å². The third-order valence-corrected chi connectivity index (χ3v) is 5.19. The number of rotatable bonds is 7. The van der Waals surface area contributed by atoms with Crippen LogP contribution in [-0.2, 0) is 11.2 Å². The van der Waals surface area contributed by atoms with Gasteiger partial charge in [-0.25, -0.2) is 0 Å². The molecule has 1 N–H and O–H groups in total. The van der Waals surface area contributed by atoms with Crippen molar-refractivity contribution >= 4 is 0 Å². The fourth-order valence-electron chi connectivity index (χ4n) is 3.98. The number of hydrogen-bond acceptors (Lipinski definition) is 4. The van der Waals surface area contributed by atoms with Crippen molar-refractivity contribution in [2.24, 2.45) is 0 Å². The average molecular weight is 318 g/mol. The van der Waals surface area contributed by atoms with E-state index in [9.17, 15) is 5.11 Å². The van der Waals surface area contributed by atoms with Crippen molar-refractivity contribution in [3.05, 3.63) is 35.4 Å². The number of ether oxygens (including phenoxy) is 1. The SMILES string of the molecule is OCCN(CCCN1CCOCC1)C1CCCc2ccccc21. The molecule has 0 spiro atoms. The van der Waals surface area contributed by atoms with Crippen LogP contribution in [-0.4, -0.2) is 67.5 Å². The van der Waals surface area contributed by atoms with Crippen LogP contribution >= 0.6 is 0 Å². The van der Waals surface area contributed by atoms with Gasteiger partial charge in [0, 0.05) is 32.2 Å². The Kier molecular flexibility index (Phi) is 6.46. The number of fused-ring (bicyclic) bond motifs is 1. The van der Waals surface area contributed by atoms with E-state index >= 15 is 0 Å². The molecule has 1 aliphatic carbocycles. The van der Waals surface area contributed by atoms with Crippen molar-refractivity contribution < 1.29 is 9.84 Å². The lowest BCUT2D eigenvalue weighted by molar-refractivity contribution is 0.0346. The minimum absolute atomic E-state index is 0.246. The zero-order chi connectivity index (χ0) is 15.9. The minimum Gasteiger partial charge on any atom is -0.395 e. The van der Waals surface area contributed by atoms with Crippen LogP contribution in [0.1, 0.15) is 36.4 Å². The molecule has 1 aromatic carbocycles. The Morgan fingerprint density at radius 1 is 1.17 bits per heavy atom. The second-order valence-corrected chi connectivity index (χ2v) is 6.67. The predicted octanol–water partition coefficient (Wildman–Crippen LogP) is 2.08. The maximum Gasteiger partial charge on any atom is 0.0594 e. The largest absolute Gasteiger partial charge is 0.395 e. The summed E-state index contributed by atoms with van der Waals surface area (Å²) in [7, 11) is 0. The normalized spacial score (nSPS) is 22.3. The van der Waals surface area contributed by atoms with Crippen molar-refractivity contribution in [2.75, 3.05) is 52.5 Å². The summed E-state index contributed by atoms with van der Waals surface area (Å²) in [6.07, 6.45) is 4.84. The quantitative estimate of drug-likeness (QED) is 0.835. The Labute approximate surface area is 140 Å². The third kappa shape index (κ3) is 4.54. The zero-order valence-corrected chi connectivity index (χ0v) is 14.1. The summed E-state index contributed by atoms with van der Waals surface area (Å²) < 4.78 is 5.41. The van der Waals surface area contributed by atoms with E-state index in [4.69, 9.17) is 4.74 Å². The lowest BCUT2D eigenvalue weighted by Gasteiger charge is -2.36. The topological polar surface area (TPSA) is 35.9 Å². The average Bonchev–Trinajstić information content (AvgIpc) is 2.61. The Balaban J connectivity index is 1.58. The van der Waals surface area contributed by atoms with Gasteiger partial charge in [-0.05, 0) is 43.4 Å². The monoisotopic (exact) mass is 318 g/mol. The molecule has 23 heavy (non-hydrogen) atoms. The highest BCUT2D eigenvalue weighted by atomic mass is 16.5. The maximum atomic E-state index is 9.49. The molecule has 2 aliphatic rings. The number of aliphatic hydroxyl groups is 1. The van der Waals surface area contributed by atoms with Crippen molar-refractivity contribution in [2.45, 2.75) is 31.7 Å². The molecule has 0 amide bonds. The van der Waals surface area contributed by atoms with Crippen molar-refractivity contribution in [3.8, 4) is 0 Å². The highest BCUT2D eigenvalue weighted by Crippen LogP contribution is 2.34. The standard InChI is InChI=1S/C19H30N2O2/c22-14-11-21(10-4-9-20-12-15-23-16-13-20)19-8-3-6-17-5-1-2-7-18(17)19/h1-2,5,7,19,22H,3-4,6,8-16H2. The Hall–Kier alpha value is -0.940. The molecule has 1 heterocycles. The van der Waals surface area contributed by atoms with Gasteiger partial charge >= 0.3 is 0 Å². The molecule has 1 aliphatic heterocycles. The van der Waals surface area contributed by atoms with Crippen LogP contribution in [0.25, 0.3) is 0 Å². The number of aryl methyl sites for hydroxylation is 1. The molecular weight excluding hydrogens is 288 g/mol. The van der Waals surface area contributed by atoms with Gasteiger partial charge in [0.05, 0.1) is 19.8 Å². The first-order chi connectivity index (χ1) is 11.4. The molecule has 1 fully saturated rings. The summed E-state index contributed by atoms with van der Waals surface area (Å²) in [5, 5.41) is 9.49. The smallest absolute Gasteiger partial charge is 0.0594 e. The van der Waals surface area contributed by atoms with Crippen molar-refractivity contribution in [3.63, 3.8) is 0 Å². The molecule has 1 unspecified atom stereocenters. The summed E-state index contributed by atoms with van der Waals surface area (Å²) in [6.45, 7) is 7.10. The van der Waals surface area contributed by atoms with E-state index in [0.29, 0.717) is 6.04 Å². The fraction of sp³-hybridized carbons (Fsp3) is 0.684. The van der Waals surface area contributed by atoms with Gasteiger partial charge in [0.15, 0.2) is 0 Å². The number of morpholine rings is 1. The van der Waals surface area contributed by atoms with Gasteiger partial charge in [0.1, 0.15) is 0 Å². The second-order valence-electron chi connectivity index (χ2n) is 6.67. The van der Waals surface area contributed by atoms with E-state index in [1.807, 2.05) is 0 Å². The van der Waals surface area contributed by atoms with Gasteiger partial charge in [-0.3, -0.25) is 9.80 Å². The Morgan fingerprint density at radius 3 is 2.83 bits per heavy atom. The van der Waals surface area contributed by atoms with Gasteiger partial charge in [-0.2, -0.15) is 0 Å². The first-order valence-corrected chi connectivity index (χ1v) is 9.11. The maximum absolute atomic E-state index is 9.49. The second kappa shape index (κ2) is 8.78. The van der Waals surface area contributed by atoms with Crippen molar-refractivity contribution in [1.82, 2.24) is 9.80 Å². The summed E-state index contributed by atoms with van der Waals surface area (Å²) in [5.74, 6) is 0. The van der Waals surface area contributed by atoms with Gasteiger partial charge in [0.25, 0.3) is 0 Å². The number of aliphatic hydroxyl groups excluding tert-OH is 1. The molecule has 0 bridgehead atoms. The molecule has 3 rings (SSSR count). The van der Waals surface area contributed by atoms with E-state index < -0.39 is 0 Å². The molecule has 1 atom stereocenters. The highest BCUT2D eigenvalue weighted by molar-refractivity contribution is 5.32. The fourth-order valence-corrected chi connectivity index (χ4v) is 3.98. The van der Waals surface area contributed by atoms with E-state index in [1.54, 1.807) is 0 Å². The molecule has 0 radical (unpaired) electrons. The molecular formula is C19H30N2O2. The molecule has 4 heteroatoms. The highest BCUT2D eigenvalue weighted by Gasteiger charge is 2.25. The first-order valence-electron chi connectivity index (χ1n) is 9.11. The van der Waals surface area contributed by atoms with Crippen LogP contribution in [0.4, 0.5) is 0 Å². The van der Waals surface area contributed by atoms with E-state index in [0.717, 1.165) is 45.9 Å². The number of hydrogen-bond donors (Lipinski definition) is 1. The lowest BCUT2D eigenvalue weighted by atomic mass is 9.86. The van der Waals surface area contributed by atoms with Crippen molar-refractivity contribution in [1.29, 1.82) is 0 Å². The van der Waals surface area contributed by atoms with Crippen LogP contribution in [0.5, 0.6) is 0 Å². The first kappa shape index (κ1) is 16.9. The minimum atomic E-state index is 0.246. The predicted molar refractivity (Wildman–Crippen MR) is 92.7 cm³/mol. The Bertz CT molecular complexity index is 474. The van der Waals surface area contributed by atoms with E-state index in [2.05, 4.69) is 34.1 Å². The van der Waals surface area contributed by atoms with Crippen LogP contribution in [0.2, 0.25) is 0 Å². The third-order valence-electron chi connectivity index (χ3n) is 5.19. The van der Waals surface area contributed by atoms with E-state index in [1.165, 1.54) is 36.8 Å². The number of nitrogens with zero attached hydrogens (tertiary/aromatic N) is 2. The van der Waals surface area contributed by atoms with Gasteiger partial charge in [-0.1, -0.05) is 24.3 Å². The molecule has 1 saturated heterocycles. The van der Waals surface area contributed by atoms with Crippen LogP contribution < -0.4 is 0 Å². The van der Waals surface area contributed by atoms with Crippen LogP contribution in [0.3, 0.4) is 0 Å². The summed E-state index contributed by atoms with van der Waals surface area (Å²) in [6, 6.07) is 9.34.